The van der Waals surface area contributed by atoms with Gasteiger partial charge in [0.05, 0.1) is 11.1 Å². The minimum Gasteiger partial charge on any atom is -0.354 e. The quantitative estimate of drug-likeness (QED) is 0.768. The molecule has 5 heteroatoms. The minimum absolute atomic E-state index is 0.166. The first-order valence-electron chi connectivity index (χ1n) is 9.27. The van der Waals surface area contributed by atoms with Gasteiger partial charge >= 0.3 is 0 Å². The second-order valence-electron chi connectivity index (χ2n) is 7.20. The van der Waals surface area contributed by atoms with Crippen molar-refractivity contribution in [3.05, 3.63) is 71.3 Å². The lowest BCUT2D eigenvalue weighted by Crippen LogP contribution is -2.50. The van der Waals surface area contributed by atoms with Crippen molar-refractivity contribution in [1.82, 2.24) is 10.2 Å². The summed E-state index contributed by atoms with van der Waals surface area (Å²) in [5.41, 5.74) is 1.86. The Morgan fingerprint density at radius 3 is 2.04 bits per heavy atom. The molecule has 1 N–H and O–H groups in total. The third kappa shape index (κ3) is 4.08. The van der Waals surface area contributed by atoms with Crippen LogP contribution in [0.3, 0.4) is 0 Å². The Balaban J connectivity index is 1.73. The van der Waals surface area contributed by atoms with Crippen molar-refractivity contribution in [2.24, 2.45) is 5.92 Å². The highest BCUT2D eigenvalue weighted by molar-refractivity contribution is 6.22. The maximum absolute atomic E-state index is 12.8. The first-order valence-corrected chi connectivity index (χ1v) is 9.27. The summed E-state index contributed by atoms with van der Waals surface area (Å²) >= 11 is 0. The van der Waals surface area contributed by atoms with Gasteiger partial charge in [-0.15, -0.1) is 0 Å². The molecule has 27 heavy (non-hydrogen) atoms. The fourth-order valence-electron chi connectivity index (χ4n) is 3.36. The highest BCUT2D eigenvalue weighted by Crippen LogP contribution is 2.27. The van der Waals surface area contributed by atoms with E-state index in [1.54, 1.807) is 24.3 Å². The molecule has 0 saturated heterocycles. The highest BCUT2D eigenvalue weighted by atomic mass is 16.2. The number of carbonyl (C=O) groups excluding carboxylic acids is 3. The monoisotopic (exact) mass is 364 g/mol. The predicted octanol–water partition coefficient (Wildman–Crippen LogP) is 3.06. The number of rotatable bonds is 7. The number of fused-ring (bicyclic) bond motifs is 1. The maximum atomic E-state index is 12.8. The van der Waals surface area contributed by atoms with Crippen LogP contribution in [0, 0.1) is 5.92 Å². The number of hydrogen-bond donors (Lipinski definition) is 1. The molecule has 3 rings (SSSR count). The summed E-state index contributed by atoms with van der Waals surface area (Å²) in [5, 5.41) is 2.90. The second kappa shape index (κ2) is 8.16. The average molecular weight is 364 g/mol. The topological polar surface area (TPSA) is 66.5 Å². The average Bonchev–Trinajstić information content (AvgIpc) is 2.91. The Morgan fingerprint density at radius 2 is 1.48 bits per heavy atom. The fourth-order valence-corrected chi connectivity index (χ4v) is 3.36. The Bertz CT molecular complexity index is 811. The maximum Gasteiger partial charge on any atom is 0.262 e. The molecule has 0 spiro atoms. The van der Waals surface area contributed by atoms with Crippen molar-refractivity contribution in [3.8, 4) is 0 Å². The van der Waals surface area contributed by atoms with Crippen LogP contribution in [0.15, 0.2) is 54.6 Å². The number of benzene rings is 2. The van der Waals surface area contributed by atoms with E-state index in [4.69, 9.17) is 0 Å². The molecule has 0 bridgehead atoms. The second-order valence-corrected chi connectivity index (χ2v) is 7.20. The van der Waals surface area contributed by atoms with Crippen LogP contribution < -0.4 is 5.32 Å². The zero-order chi connectivity index (χ0) is 19.4. The summed E-state index contributed by atoms with van der Waals surface area (Å²) in [7, 11) is 0. The molecule has 2 aromatic carbocycles. The highest BCUT2D eigenvalue weighted by Gasteiger charge is 2.42. The van der Waals surface area contributed by atoms with Gasteiger partial charge in [0.15, 0.2) is 0 Å². The summed E-state index contributed by atoms with van der Waals surface area (Å²) in [6.07, 6.45) is 1.13. The van der Waals surface area contributed by atoms with Crippen LogP contribution in [0.25, 0.3) is 0 Å². The Morgan fingerprint density at radius 1 is 0.926 bits per heavy atom. The van der Waals surface area contributed by atoms with Crippen molar-refractivity contribution in [2.45, 2.75) is 32.7 Å². The molecule has 1 atom stereocenters. The van der Waals surface area contributed by atoms with Gasteiger partial charge in [0.1, 0.15) is 6.04 Å². The molecule has 0 aliphatic carbocycles. The third-order valence-corrected chi connectivity index (χ3v) is 4.69. The molecule has 0 radical (unpaired) electrons. The molecule has 1 heterocycles. The lowest BCUT2D eigenvalue weighted by Gasteiger charge is -2.26. The van der Waals surface area contributed by atoms with Crippen LogP contribution in [0.4, 0.5) is 0 Å². The number of carbonyl (C=O) groups is 3. The van der Waals surface area contributed by atoms with Crippen molar-refractivity contribution in [2.75, 3.05) is 6.54 Å². The number of nitrogens with zero attached hydrogens (tertiary/aromatic N) is 1. The summed E-state index contributed by atoms with van der Waals surface area (Å²) < 4.78 is 0. The normalized spacial score (nSPS) is 14.4. The van der Waals surface area contributed by atoms with E-state index in [-0.39, 0.29) is 23.6 Å². The van der Waals surface area contributed by atoms with E-state index in [0.717, 1.165) is 10.5 Å². The largest absolute Gasteiger partial charge is 0.354 e. The molecule has 140 valence electrons. The van der Waals surface area contributed by atoms with E-state index >= 15 is 0 Å². The first-order chi connectivity index (χ1) is 13.0. The van der Waals surface area contributed by atoms with Gasteiger partial charge in [0, 0.05) is 6.54 Å². The van der Waals surface area contributed by atoms with Gasteiger partial charge in [-0.3, -0.25) is 19.3 Å². The first kappa shape index (κ1) is 18.8. The Kier molecular flexibility index (Phi) is 5.69. The zero-order valence-corrected chi connectivity index (χ0v) is 15.6. The molecule has 1 aliphatic heterocycles. The summed E-state index contributed by atoms with van der Waals surface area (Å²) in [6.45, 7) is 4.41. The van der Waals surface area contributed by atoms with Crippen molar-refractivity contribution in [3.63, 3.8) is 0 Å². The number of nitrogens with one attached hydrogen (secondary N) is 1. The SMILES string of the molecule is CC(C)C[C@H](C(=O)NCCc1ccccc1)N1C(=O)c2ccccc2C1=O. The number of imide groups is 1. The van der Waals surface area contributed by atoms with Gasteiger partial charge in [-0.25, -0.2) is 0 Å². The molecule has 5 nitrogen and oxygen atoms in total. The summed E-state index contributed by atoms with van der Waals surface area (Å²) in [4.78, 5) is 39.5. The van der Waals surface area contributed by atoms with Crippen LogP contribution in [0.5, 0.6) is 0 Å². The minimum atomic E-state index is -0.798. The van der Waals surface area contributed by atoms with Crippen molar-refractivity contribution < 1.29 is 14.4 Å². The van der Waals surface area contributed by atoms with Crippen molar-refractivity contribution in [1.29, 1.82) is 0 Å². The van der Waals surface area contributed by atoms with Gasteiger partial charge in [-0.1, -0.05) is 56.3 Å². The molecule has 1 aliphatic rings. The molecule has 0 fully saturated rings. The van der Waals surface area contributed by atoms with Crippen LogP contribution in [0.1, 0.15) is 46.5 Å². The van der Waals surface area contributed by atoms with E-state index < -0.39 is 6.04 Å². The predicted molar refractivity (Wildman–Crippen MR) is 103 cm³/mol. The third-order valence-electron chi connectivity index (χ3n) is 4.69. The summed E-state index contributed by atoms with van der Waals surface area (Å²) in [5.74, 6) is -0.896. The summed E-state index contributed by atoms with van der Waals surface area (Å²) in [6, 6.07) is 15.8. The van der Waals surface area contributed by atoms with Gasteiger partial charge in [0.25, 0.3) is 11.8 Å². The zero-order valence-electron chi connectivity index (χ0n) is 15.6. The van der Waals surface area contributed by atoms with Crippen LogP contribution in [-0.2, 0) is 11.2 Å². The van der Waals surface area contributed by atoms with E-state index in [1.165, 1.54) is 0 Å². The molecule has 0 unspecified atom stereocenters. The fraction of sp³-hybridized carbons (Fsp3) is 0.318. The Hall–Kier alpha value is -2.95. The van der Waals surface area contributed by atoms with Gasteiger partial charge in [-0.05, 0) is 36.5 Å². The van der Waals surface area contributed by atoms with Crippen LogP contribution in [-0.4, -0.2) is 35.2 Å². The standard InChI is InChI=1S/C22H24N2O3/c1-15(2)14-19(20(25)23-13-12-16-8-4-3-5-9-16)24-21(26)17-10-6-7-11-18(17)22(24)27/h3-11,15,19H,12-14H2,1-2H3,(H,23,25)/t19-/m1/s1. The van der Waals surface area contributed by atoms with E-state index in [1.807, 2.05) is 44.2 Å². The molecule has 0 aromatic heterocycles. The van der Waals surface area contributed by atoms with E-state index in [0.29, 0.717) is 30.5 Å². The van der Waals surface area contributed by atoms with Crippen LogP contribution in [0.2, 0.25) is 0 Å². The lowest BCUT2D eigenvalue weighted by molar-refractivity contribution is -0.125. The van der Waals surface area contributed by atoms with E-state index in [9.17, 15) is 14.4 Å². The molecule has 3 amide bonds. The molecule has 0 saturated carbocycles. The van der Waals surface area contributed by atoms with Crippen LogP contribution >= 0.6 is 0 Å². The van der Waals surface area contributed by atoms with Gasteiger partial charge < -0.3 is 5.32 Å². The van der Waals surface area contributed by atoms with E-state index in [2.05, 4.69) is 5.32 Å². The van der Waals surface area contributed by atoms with Gasteiger partial charge in [-0.2, -0.15) is 0 Å². The Labute approximate surface area is 159 Å². The molecular weight excluding hydrogens is 340 g/mol. The number of amides is 3. The molecular formula is C22H24N2O3. The van der Waals surface area contributed by atoms with Gasteiger partial charge in [0.2, 0.25) is 5.91 Å². The van der Waals surface area contributed by atoms with Crippen molar-refractivity contribution >= 4 is 17.7 Å². The smallest absolute Gasteiger partial charge is 0.262 e. The lowest BCUT2D eigenvalue weighted by atomic mass is 10.0. The molecule has 2 aromatic rings. The number of hydrogen-bond acceptors (Lipinski definition) is 3.